The van der Waals surface area contributed by atoms with Crippen molar-refractivity contribution in [2.75, 3.05) is 4.90 Å². The summed E-state index contributed by atoms with van der Waals surface area (Å²) >= 11 is 0. The third kappa shape index (κ3) is 2.44. The van der Waals surface area contributed by atoms with Gasteiger partial charge in [0, 0.05) is 33.2 Å². The number of rotatable bonds is 3. The zero-order valence-corrected chi connectivity index (χ0v) is 19.0. The second kappa shape index (κ2) is 6.87. The van der Waals surface area contributed by atoms with Crippen LogP contribution < -0.4 is 4.90 Å². The van der Waals surface area contributed by atoms with Crippen molar-refractivity contribution < 1.29 is 0 Å². The maximum absolute atomic E-state index is 2.44. The Bertz CT molecular complexity index is 1950. The average molecular weight is 448 g/mol. The highest BCUT2D eigenvalue weighted by atomic mass is 15.2. The Kier molecular flexibility index (Phi) is 3.66. The molecule has 0 aliphatic heterocycles. The molecule has 164 valence electrons. The molecule has 35 heavy (non-hydrogen) atoms. The third-order valence-electron chi connectivity index (χ3n) is 7.20. The van der Waals surface area contributed by atoms with Crippen LogP contribution in [0.5, 0.6) is 0 Å². The smallest absolute Gasteiger partial charge is 0.131 e. The van der Waals surface area contributed by atoms with Crippen molar-refractivity contribution in [1.82, 2.24) is 8.80 Å². The SMILES string of the molecule is c1ccc(N(c2ccccc2)c2ccc3c(c2)n2c4ccccc4c4c5ccccc5n3c42)cc1. The quantitative estimate of drug-likeness (QED) is 0.264. The highest BCUT2D eigenvalue weighted by Crippen LogP contribution is 2.43. The van der Waals surface area contributed by atoms with Gasteiger partial charge in [-0.3, -0.25) is 8.80 Å². The lowest BCUT2D eigenvalue weighted by atomic mass is 10.1. The molecule has 0 bridgehead atoms. The first kappa shape index (κ1) is 18.6. The molecule has 3 heteroatoms. The standard InChI is InChI=1S/C32H21N3/c1-3-11-22(12-4-1)33(23-13-5-2-6-14-23)24-19-20-29-30(21-24)35-28-18-10-8-16-26(28)31-25-15-7-9-17-27(25)34(29)32(31)35/h1-21H. The van der Waals surface area contributed by atoms with Crippen molar-refractivity contribution in [2.24, 2.45) is 0 Å². The van der Waals surface area contributed by atoms with Crippen molar-refractivity contribution in [3.8, 4) is 0 Å². The van der Waals surface area contributed by atoms with E-state index in [1.54, 1.807) is 0 Å². The van der Waals surface area contributed by atoms with Crippen molar-refractivity contribution in [2.45, 2.75) is 0 Å². The van der Waals surface area contributed by atoms with Crippen LogP contribution in [0.4, 0.5) is 17.1 Å². The summed E-state index contributed by atoms with van der Waals surface area (Å²) in [5, 5.41) is 3.94. The molecule has 0 aliphatic rings. The second-order valence-electron chi connectivity index (χ2n) is 9.08. The fourth-order valence-corrected chi connectivity index (χ4v) is 5.81. The number of benzene rings is 5. The summed E-state index contributed by atoms with van der Waals surface area (Å²) in [4.78, 5) is 2.33. The van der Waals surface area contributed by atoms with Gasteiger partial charge in [-0.05, 0) is 54.6 Å². The summed E-state index contributed by atoms with van der Waals surface area (Å²) in [5.41, 5.74) is 9.62. The lowest BCUT2D eigenvalue weighted by Gasteiger charge is -2.25. The van der Waals surface area contributed by atoms with Crippen LogP contribution in [0.2, 0.25) is 0 Å². The molecule has 5 aromatic carbocycles. The topological polar surface area (TPSA) is 12.1 Å². The van der Waals surface area contributed by atoms with Crippen molar-refractivity contribution in [3.05, 3.63) is 127 Å². The lowest BCUT2D eigenvalue weighted by molar-refractivity contribution is 1.28. The monoisotopic (exact) mass is 447 g/mol. The molecule has 0 atom stereocenters. The van der Waals surface area contributed by atoms with Crippen LogP contribution in [0.1, 0.15) is 0 Å². The molecule has 0 aliphatic carbocycles. The molecule has 0 radical (unpaired) electrons. The summed E-state index contributed by atoms with van der Waals surface area (Å²) in [7, 11) is 0. The van der Waals surface area contributed by atoms with Crippen molar-refractivity contribution in [3.63, 3.8) is 0 Å². The summed E-state index contributed by atoms with van der Waals surface area (Å²) in [6.45, 7) is 0. The second-order valence-corrected chi connectivity index (χ2v) is 9.08. The number of fused-ring (bicyclic) bond motifs is 9. The zero-order chi connectivity index (χ0) is 22.9. The number of hydrogen-bond acceptors (Lipinski definition) is 1. The molecule has 0 N–H and O–H groups in total. The van der Waals surface area contributed by atoms with E-state index in [1.165, 1.54) is 43.9 Å². The number of hydrogen-bond donors (Lipinski definition) is 0. The Balaban J connectivity index is 1.51. The number of nitrogens with zero attached hydrogens (tertiary/aromatic N) is 3. The van der Waals surface area contributed by atoms with E-state index >= 15 is 0 Å². The van der Waals surface area contributed by atoms with Gasteiger partial charge in [-0.1, -0.05) is 72.8 Å². The summed E-state index contributed by atoms with van der Waals surface area (Å²) in [6.07, 6.45) is 0. The maximum atomic E-state index is 2.44. The minimum Gasteiger partial charge on any atom is -0.310 e. The van der Waals surface area contributed by atoms with Gasteiger partial charge in [0.15, 0.2) is 0 Å². The number of aromatic nitrogens is 2. The normalized spacial score (nSPS) is 12.0. The van der Waals surface area contributed by atoms with Gasteiger partial charge in [0.05, 0.1) is 22.1 Å². The van der Waals surface area contributed by atoms with Crippen molar-refractivity contribution in [1.29, 1.82) is 0 Å². The van der Waals surface area contributed by atoms with E-state index < -0.39 is 0 Å². The highest BCUT2D eigenvalue weighted by molar-refractivity contribution is 6.24. The van der Waals surface area contributed by atoms with Crippen LogP contribution in [-0.2, 0) is 0 Å². The predicted molar refractivity (Wildman–Crippen MR) is 147 cm³/mol. The first-order valence-electron chi connectivity index (χ1n) is 12.0. The molecular weight excluding hydrogens is 426 g/mol. The molecule has 0 saturated heterocycles. The molecule has 3 aromatic heterocycles. The van der Waals surface area contributed by atoms with Gasteiger partial charge in [0.1, 0.15) is 5.65 Å². The third-order valence-corrected chi connectivity index (χ3v) is 7.20. The minimum atomic E-state index is 1.14. The van der Waals surface area contributed by atoms with Crippen LogP contribution in [0, 0.1) is 0 Å². The molecule has 8 rings (SSSR count). The lowest BCUT2D eigenvalue weighted by Crippen LogP contribution is -2.09. The van der Waals surface area contributed by atoms with Gasteiger partial charge >= 0.3 is 0 Å². The van der Waals surface area contributed by atoms with E-state index in [1.807, 2.05) is 0 Å². The fraction of sp³-hybridized carbons (Fsp3) is 0. The molecule has 8 aromatic rings. The van der Waals surface area contributed by atoms with Crippen LogP contribution in [0.15, 0.2) is 127 Å². The van der Waals surface area contributed by atoms with E-state index in [0.717, 1.165) is 17.1 Å². The van der Waals surface area contributed by atoms with Crippen LogP contribution >= 0.6 is 0 Å². The first-order chi connectivity index (χ1) is 17.4. The Morgan fingerprint density at radius 3 is 1.51 bits per heavy atom. The first-order valence-corrected chi connectivity index (χ1v) is 12.0. The van der Waals surface area contributed by atoms with Gasteiger partial charge in [-0.2, -0.15) is 0 Å². The summed E-state index contributed by atoms with van der Waals surface area (Å²) in [6, 6.07) is 45.6. The highest BCUT2D eigenvalue weighted by Gasteiger charge is 2.23. The van der Waals surface area contributed by atoms with E-state index in [4.69, 9.17) is 0 Å². The Morgan fingerprint density at radius 1 is 0.400 bits per heavy atom. The Labute approximate surface area is 202 Å². The largest absolute Gasteiger partial charge is 0.310 e. The van der Waals surface area contributed by atoms with E-state index in [-0.39, 0.29) is 0 Å². The molecule has 0 amide bonds. The van der Waals surface area contributed by atoms with Gasteiger partial charge < -0.3 is 4.90 Å². The molecule has 0 saturated carbocycles. The molecule has 3 nitrogen and oxygen atoms in total. The Hall–Kier alpha value is -4.76. The van der Waals surface area contributed by atoms with Crippen LogP contribution in [0.3, 0.4) is 0 Å². The molecule has 0 unspecified atom stereocenters. The number of imidazole rings is 1. The number of anilines is 3. The van der Waals surface area contributed by atoms with E-state index in [2.05, 4.69) is 141 Å². The molecule has 0 spiro atoms. The predicted octanol–water partition coefficient (Wildman–Crippen LogP) is 8.56. The maximum Gasteiger partial charge on any atom is 0.131 e. The zero-order valence-electron chi connectivity index (χ0n) is 19.0. The average Bonchev–Trinajstić information content (AvgIpc) is 3.55. The van der Waals surface area contributed by atoms with Gasteiger partial charge in [0.25, 0.3) is 0 Å². The van der Waals surface area contributed by atoms with E-state index in [0.29, 0.717) is 0 Å². The van der Waals surface area contributed by atoms with Crippen LogP contribution in [-0.4, -0.2) is 8.80 Å². The number of para-hydroxylation sites is 4. The van der Waals surface area contributed by atoms with Crippen LogP contribution in [0.25, 0.3) is 43.9 Å². The van der Waals surface area contributed by atoms with Gasteiger partial charge in [-0.15, -0.1) is 0 Å². The van der Waals surface area contributed by atoms with E-state index in [9.17, 15) is 0 Å². The van der Waals surface area contributed by atoms with Gasteiger partial charge in [0.2, 0.25) is 0 Å². The Morgan fingerprint density at radius 2 is 0.914 bits per heavy atom. The molecule has 0 fully saturated rings. The molecular formula is C32H21N3. The summed E-state index contributed by atoms with van der Waals surface area (Å²) in [5.74, 6) is 0. The van der Waals surface area contributed by atoms with Crippen molar-refractivity contribution >= 4 is 60.9 Å². The summed E-state index contributed by atoms with van der Waals surface area (Å²) < 4.78 is 4.87. The molecule has 3 heterocycles. The van der Waals surface area contributed by atoms with Gasteiger partial charge in [-0.25, -0.2) is 0 Å². The fourth-order valence-electron chi connectivity index (χ4n) is 5.81. The minimum absolute atomic E-state index is 1.14.